The molecule has 0 spiro atoms. The molecule has 3 aromatic rings. The van der Waals surface area contributed by atoms with E-state index in [1.807, 2.05) is 11.6 Å². The van der Waals surface area contributed by atoms with Gasteiger partial charge in [0.2, 0.25) is 0 Å². The van der Waals surface area contributed by atoms with Gasteiger partial charge in [0, 0.05) is 36.1 Å². The first kappa shape index (κ1) is 17.8. The van der Waals surface area contributed by atoms with Gasteiger partial charge in [0.15, 0.2) is 0 Å². The average molecular weight is 382 g/mol. The van der Waals surface area contributed by atoms with E-state index in [1.165, 1.54) is 22.3 Å². The maximum atomic E-state index is 12.5. The number of aromatic amines is 1. The Morgan fingerprint density at radius 3 is 3.04 bits per heavy atom. The molecule has 0 radical (unpaired) electrons. The minimum absolute atomic E-state index is 0.0471. The molecule has 1 aliphatic heterocycles. The van der Waals surface area contributed by atoms with E-state index in [2.05, 4.69) is 49.4 Å². The normalized spacial score (nSPS) is 14.1. The first-order valence-corrected chi connectivity index (χ1v) is 9.98. The second-order valence-corrected chi connectivity index (χ2v) is 7.60. The number of rotatable bonds is 6. The Labute approximate surface area is 161 Å². The average Bonchev–Trinajstić information content (AvgIpc) is 3.36. The molecule has 0 aliphatic carbocycles. The molecule has 1 amide bonds. The number of carbonyl (C=O) groups is 1. The Balaban J connectivity index is 1.38. The molecule has 0 saturated heterocycles. The molecule has 0 unspecified atom stereocenters. The second kappa shape index (κ2) is 7.98. The number of aryl methyl sites for hydroxylation is 1. The molecular weight excluding hydrogens is 360 g/mol. The first-order chi connectivity index (χ1) is 13.2. The molecular formula is C19H22N6OS. The summed E-state index contributed by atoms with van der Waals surface area (Å²) >= 11 is 1.67. The number of hydrogen-bond acceptors (Lipinski definition) is 6. The molecule has 7 nitrogen and oxygen atoms in total. The van der Waals surface area contributed by atoms with E-state index < -0.39 is 0 Å². The summed E-state index contributed by atoms with van der Waals surface area (Å²) in [7, 11) is 0. The van der Waals surface area contributed by atoms with Crippen LogP contribution < -0.4 is 5.32 Å². The topological polar surface area (TPSA) is 86.8 Å². The third kappa shape index (κ3) is 4.06. The zero-order valence-electron chi connectivity index (χ0n) is 15.2. The van der Waals surface area contributed by atoms with E-state index in [1.54, 1.807) is 11.3 Å². The van der Waals surface area contributed by atoms with Crippen molar-refractivity contribution >= 4 is 17.2 Å². The third-order valence-corrected chi connectivity index (χ3v) is 5.85. The Morgan fingerprint density at radius 1 is 1.37 bits per heavy atom. The minimum Gasteiger partial charge on any atom is -0.345 e. The highest BCUT2D eigenvalue weighted by Gasteiger charge is 2.24. The first-order valence-electron chi connectivity index (χ1n) is 9.10. The summed E-state index contributed by atoms with van der Waals surface area (Å²) in [5.74, 6) is 0.606. The van der Waals surface area contributed by atoms with Gasteiger partial charge in [-0.2, -0.15) is 5.10 Å². The van der Waals surface area contributed by atoms with Gasteiger partial charge in [-0.15, -0.1) is 11.3 Å². The van der Waals surface area contributed by atoms with E-state index in [4.69, 9.17) is 0 Å². The van der Waals surface area contributed by atoms with E-state index >= 15 is 0 Å². The summed E-state index contributed by atoms with van der Waals surface area (Å²) in [5, 5.41) is 11.4. The van der Waals surface area contributed by atoms with Gasteiger partial charge in [-0.05, 0) is 30.0 Å². The molecule has 0 bridgehead atoms. The number of hydrogen-bond donors (Lipinski definition) is 2. The van der Waals surface area contributed by atoms with Crippen LogP contribution in [0.4, 0.5) is 0 Å². The van der Waals surface area contributed by atoms with Crippen molar-refractivity contribution in [2.24, 2.45) is 0 Å². The number of nitrogens with zero attached hydrogens (tertiary/aromatic N) is 4. The number of aromatic nitrogens is 4. The van der Waals surface area contributed by atoms with Crippen molar-refractivity contribution < 1.29 is 4.79 Å². The van der Waals surface area contributed by atoms with Crippen LogP contribution in [0.2, 0.25) is 0 Å². The van der Waals surface area contributed by atoms with Gasteiger partial charge in [0.1, 0.15) is 12.2 Å². The van der Waals surface area contributed by atoms with Crippen molar-refractivity contribution in [2.45, 2.75) is 39.4 Å². The van der Waals surface area contributed by atoms with Gasteiger partial charge in [-0.3, -0.25) is 19.8 Å². The standard InChI is InChI=1S/C19H22N6OS/c1-2-13-3-4-14(20-7-13)9-25-6-5-15-16(11-27-17(15)10-25)19(26)21-8-18-22-12-23-24-18/h3-4,7,11-12H,2,5-6,8-10H2,1H3,(H,21,26)(H,22,23,24). The number of pyridine rings is 1. The number of thiophene rings is 1. The van der Waals surface area contributed by atoms with Crippen molar-refractivity contribution in [1.82, 2.24) is 30.4 Å². The van der Waals surface area contributed by atoms with Crippen LogP contribution in [0, 0.1) is 0 Å². The summed E-state index contributed by atoms with van der Waals surface area (Å²) in [6.45, 7) is 5.14. The molecule has 8 heteroatoms. The zero-order valence-corrected chi connectivity index (χ0v) is 16.1. The lowest BCUT2D eigenvalue weighted by Gasteiger charge is -2.26. The van der Waals surface area contributed by atoms with Crippen molar-refractivity contribution in [3.63, 3.8) is 0 Å². The highest BCUT2D eigenvalue weighted by molar-refractivity contribution is 7.10. The fraction of sp³-hybridized carbons (Fsp3) is 0.368. The molecule has 140 valence electrons. The van der Waals surface area contributed by atoms with Crippen LogP contribution in [0.5, 0.6) is 0 Å². The highest BCUT2D eigenvalue weighted by atomic mass is 32.1. The number of H-pyrrole nitrogens is 1. The van der Waals surface area contributed by atoms with Gasteiger partial charge in [-0.25, -0.2) is 4.98 Å². The SMILES string of the molecule is CCc1ccc(CN2CCc3c(C(=O)NCc4ncn[nH]4)csc3C2)nc1. The van der Waals surface area contributed by atoms with Crippen LogP contribution in [0.1, 0.15) is 44.8 Å². The molecule has 4 heterocycles. The van der Waals surface area contributed by atoms with Crippen molar-refractivity contribution in [1.29, 1.82) is 0 Å². The lowest BCUT2D eigenvalue weighted by Crippen LogP contribution is -2.31. The van der Waals surface area contributed by atoms with Crippen molar-refractivity contribution in [2.75, 3.05) is 6.54 Å². The van der Waals surface area contributed by atoms with Crippen molar-refractivity contribution in [3.8, 4) is 0 Å². The summed E-state index contributed by atoms with van der Waals surface area (Å²) in [6.07, 6.45) is 5.30. The number of amides is 1. The van der Waals surface area contributed by atoms with E-state index in [0.29, 0.717) is 12.4 Å². The lowest BCUT2D eigenvalue weighted by atomic mass is 10.0. The van der Waals surface area contributed by atoms with Gasteiger partial charge >= 0.3 is 0 Å². The van der Waals surface area contributed by atoms with E-state index in [0.717, 1.165) is 43.7 Å². The van der Waals surface area contributed by atoms with E-state index in [9.17, 15) is 4.79 Å². The van der Waals surface area contributed by atoms with Crippen LogP contribution in [0.15, 0.2) is 30.0 Å². The van der Waals surface area contributed by atoms with Gasteiger partial charge in [0.05, 0.1) is 17.8 Å². The van der Waals surface area contributed by atoms with Crippen LogP contribution in [0.3, 0.4) is 0 Å². The third-order valence-electron chi connectivity index (χ3n) is 4.83. The molecule has 4 rings (SSSR count). The summed E-state index contributed by atoms with van der Waals surface area (Å²) in [5.41, 5.74) is 4.33. The van der Waals surface area contributed by atoms with Crippen LogP contribution in [0.25, 0.3) is 0 Å². The largest absolute Gasteiger partial charge is 0.345 e. The molecule has 1 aliphatic rings. The van der Waals surface area contributed by atoms with Gasteiger partial charge in [-0.1, -0.05) is 13.0 Å². The van der Waals surface area contributed by atoms with Crippen LogP contribution in [-0.2, 0) is 32.5 Å². The quantitative estimate of drug-likeness (QED) is 0.683. The maximum absolute atomic E-state index is 12.5. The van der Waals surface area contributed by atoms with Crippen molar-refractivity contribution in [3.05, 3.63) is 63.1 Å². The molecule has 2 N–H and O–H groups in total. The molecule has 0 saturated carbocycles. The summed E-state index contributed by atoms with van der Waals surface area (Å²) in [6, 6.07) is 4.27. The molecule has 0 aromatic carbocycles. The fourth-order valence-corrected chi connectivity index (χ4v) is 4.39. The number of carbonyl (C=O) groups excluding carboxylic acids is 1. The Kier molecular flexibility index (Phi) is 5.26. The summed E-state index contributed by atoms with van der Waals surface area (Å²) < 4.78 is 0. The Bertz CT molecular complexity index is 903. The molecule has 27 heavy (non-hydrogen) atoms. The maximum Gasteiger partial charge on any atom is 0.252 e. The highest BCUT2D eigenvalue weighted by Crippen LogP contribution is 2.29. The lowest BCUT2D eigenvalue weighted by molar-refractivity contribution is 0.0948. The Hall–Kier alpha value is -2.58. The smallest absolute Gasteiger partial charge is 0.252 e. The van der Waals surface area contributed by atoms with E-state index in [-0.39, 0.29) is 5.91 Å². The molecule has 3 aromatic heterocycles. The predicted octanol–water partition coefficient (Wildman–Crippen LogP) is 2.31. The number of fused-ring (bicyclic) bond motifs is 1. The summed E-state index contributed by atoms with van der Waals surface area (Å²) in [4.78, 5) is 24.8. The second-order valence-electron chi connectivity index (χ2n) is 6.64. The molecule has 0 atom stereocenters. The molecule has 0 fully saturated rings. The van der Waals surface area contributed by atoms with Crippen LogP contribution in [-0.4, -0.2) is 37.5 Å². The van der Waals surface area contributed by atoms with Gasteiger partial charge in [0.25, 0.3) is 5.91 Å². The predicted molar refractivity (Wildman–Crippen MR) is 103 cm³/mol. The Morgan fingerprint density at radius 2 is 2.30 bits per heavy atom. The number of nitrogens with one attached hydrogen (secondary N) is 2. The fourth-order valence-electron chi connectivity index (χ4n) is 3.27. The van der Waals surface area contributed by atoms with Gasteiger partial charge < -0.3 is 5.32 Å². The van der Waals surface area contributed by atoms with Crippen LogP contribution >= 0.6 is 11.3 Å². The zero-order chi connectivity index (χ0) is 18.6. The monoisotopic (exact) mass is 382 g/mol. The minimum atomic E-state index is -0.0471.